The second kappa shape index (κ2) is 9.94. The number of aromatic nitrogens is 1. The van der Waals surface area contributed by atoms with Crippen molar-refractivity contribution in [1.29, 1.82) is 0 Å². The molecule has 0 aliphatic heterocycles. The van der Waals surface area contributed by atoms with Crippen molar-refractivity contribution in [2.45, 2.75) is 0 Å². The number of benzene rings is 2. The van der Waals surface area contributed by atoms with Crippen LogP contribution in [0.5, 0.6) is 0 Å². The third-order valence-electron chi connectivity index (χ3n) is 3.62. The van der Waals surface area contributed by atoms with Gasteiger partial charge in [0.1, 0.15) is 0 Å². The van der Waals surface area contributed by atoms with Gasteiger partial charge >= 0.3 is 0 Å². The molecule has 27 heavy (non-hydrogen) atoms. The summed E-state index contributed by atoms with van der Waals surface area (Å²) < 4.78 is 0. The van der Waals surface area contributed by atoms with Gasteiger partial charge in [-0.1, -0.05) is 85.4 Å². The number of hydrogen-bond donors (Lipinski definition) is 0. The zero-order chi connectivity index (χ0) is 18.7. The molecule has 4 heteroatoms. The molecule has 0 atom stereocenters. The Labute approximate surface area is 163 Å². The lowest BCUT2D eigenvalue weighted by Crippen LogP contribution is -1.99. The summed E-state index contributed by atoms with van der Waals surface area (Å²) in [5, 5.41) is 1.96. The van der Waals surface area contributed by atoms with Crippen molar-refractivity contribution < 1.29 is 0 Å². The van der Waals surface area contributed by atoms with Gasteiger partial charge in [-0.25, -0.2) is 9.98 Å². The van der Waals surface area contributed by atoms with Crippen molar-refractivity contribution in [2.24, 2.45) is 9.98 Å². The Morgan fingerprint density at radius 3 is 2.30 bits per heavy atom. The number of amidine groups is 1. The standard InChI is InChI=1S/C23H19N3S/c1-19(22-14-8-9-15-27-18-24-17-22)26-23(21-12-6-3-7-13-21)25-16-20-10-4-2-5-11-20/h2-18H,1H2. The highest BCUT2D eigenvalue weighted by molar-refractivity contribution is 7.07. The highest BCUT2D eigenvalue weighted by atomic mass is 32.1. The number of hydrogen-bond acceptors (Lipinski definition) is 3. The van der Waals surface area contributed by atoms with Crippen molar-refractivity contribution in [3.63, 3.8) is 0 Å². The topological polar surface area (TPSA) is 37.6 Å². The molecule has 0 aliphatic carbocycles. The van der Waals surface area contributed by atoms with Crippen LogP contribution in [0, 0.1) is 0 Å². The van der Waals surface area contributed by atoms with Crippen molar-refractivity contribution in [1.82, 2.24) is 4.98 Å². The minimum absolute atomic E-state index is 0.604. The van der Waals surface area contributed by atoms with Gasteiger partial charge in [-0.15, -0.1) is 11.3 Å². The fourth-order valence-electron chi connectivity index (χ4n) is 2.27. The summed E-state index contributed by atoms with van der Waals surface area (Å²) in [5.41, 5.74) is 5.15. The van der Waals surface area contributed by atoms with E-state index in [9.17, 15) is 0 Å². The molecule has 0 fully saturated rings. The first-order valence-corrected chi connectivity index (χ1v) is 9.40. The van der Waals surface area contributed by atoms with Gasteiger partial charge in [0.05, 0.1) is 11.2 Å². The van der Waals surface area contributed by atoms with Crippen LogP contribution in [-0.4, -0.2) is 17.0 Å². The largest absolute Gasteiger partial charge is 0.253 e. The molecule has 0 radical (unpaired) electrons. The lowest BCUT2D eigenvalue weighted by molar-refractivity contribution is 1.36. The Morgan fingerprint density at radius 1 is 0.852 bits per heavy atom. The third kappa shape index (κ3) is 5.83. The minimum atomic E-state index is 0.604. The van der Waals surface area contributed by atoms with Crippen molar-refractivity contribution in [3.8, 4) is 0 Å². The fourth-order valence-corrected chi connectivity index (χ4v) is 2.65. The van der Waals surface area contributed by atoms with E-state index < -0.39 is 0 Å². The van der Waals surface area contributed by atoms with Crippen LogP contribution in [-0.2, 0) is 0 Å². The number of rotatable bonds is 4. The van der Waals surface area contributed by atoms with Gasteiger partial charge in [0.15, 0.2) is 5.84 Å². The van der Waals surface area contributed by atoms with Gasteiger partial charge in [-0.3, -0.25) is 4.98 Å². The van der Waals surface area contributed by atoms with Gasteiger partial charge in [-0.2, -0.15) is 0 Å². The second-order valence-corrected chi connectivity index (χ2v) is 6.33. The molecule has 3 rings (SSSR count). The average Bonchev–Trinajstić information content (AvgIpc) is 2.86. The van der Waals surface area contributed by atoms with E-state index in [4.69, 9.17) is 0 Å². The molecule has 1 heterocycles. The summed E-state index contributed by atoms with van der Waals surface area (Å²) in [6.07, 6.45) is 3.57. The minimum Gasteiger partial charge on any atom is -0.253 e. The molecule has 0 bridgehead atoms. The molecule has 2 aromatic carbocycles. The molecule has 1 aromatic heterocycles. The predicted octanol–water partition coefficient (Wildman–Crippen LogP) is 5.80. The van der Waals surface area contributed by atoms with E-state index in [2.05, 4.69) is 21.5 Å². The molecular weight excluding hydrogens is 350 g/mol. The first kappa shape index (κ1) is 18.4. The highest BCUT2D eigenvalue weighted by Gasteiger charge is 2.03. The molecule has 0 saturated carbocycles. The first-order valence-electron chi connectivity index (χ1n) is 8.46. The van der Waals surface area contributed by atoms with E-state index in [1.807, 2.05) is 90.5 Å². The molecule has 132 valence electrons. The van der Waals surface area contributed by atoms with Crippen molar-refractivity contribution in [2.75, 3.05) is 0 Å². The smallest absolute Gasteiger partial charge is 0.159 e. The fraction of sp³-hybridized carbons (Fsp3) is 0. The quantitative estimate of drug-likeness (QED) is 0.423. The zero-order valence-corrected chi connectivity index (χ0v) is 15.6. The van der Waals surface area contributed by atoms with Crippen LogP contribution in [0.3, 0.4) is 0 Å². The summed E-state index contributed by atoms with van der Waals surface area (Å²) in [6, 6.07) is 25.7. The van der Waals surface area contributed by atoms with Crippen LogP contribution in [0.1, 0.15) is 16.7 Å². The Morgan fingerprint density at radius 2 is 1.52 bits per heavy atom. The van der Waals surface area contributed by atoms with E-state index in [0.717, 1.165) is 16.7 Å². The molecule has 0 N–H and O–H groups in total. The summed E-state index contributed by atoms with van der Waals surface area (Å²) >= 11 is 1.52. The Kier molecular flexibility index (Phi) is 6.78. The molecule has 3 nitrogen and oxygen atoms in total. The SMILES string of the molecule is C=C(N=C(N=Cc1ccccc1)c1ccccc1)c1ccccscnc1. The lowest BCUT2D eigenvalue weighted by Gasteiger charge is -2.04. The van der Waals surface area contributed by atoms with Crippen LogP contribution in [0.15, 0.2) is 113 Å². The monoisotopic (exact) mass is 369 g/mol. The number of aliphatic imine (C=N–C) groups is 2. The van der Waals surface area contributed by atoms with E-state index >= 15 is 0 Å². The molecule has 0 saturated heterocycles. The lowest BCUT2D eigenvalue weighted by atomic mass is 10.2. The zero-order valence-electron chi connectivity index (χ0n) is 14.8. The van der Waals surface area contributed by atoms with Gasteiger partial charge < -0.3 is 0 Å². The average molecular weight is 369 g/mol. The summed E-state index contributed by atoms with van der Waals surface area (Å²) in [5.74, 6) is 0.604. The Bertz CT molecular complexity index is 964. The molecule has 0 unspecified atom stereocenters. The summed E-state index contributed by atoms with van der Waals surface area (Å²) in [4.78, 5) is 13.6. The normalized spacial score (nSPS) is 11.2. The van der Waals surface area contributed by atoms with Crippen LogP contribution in [0.2, 0.25) is 0 Å². The van der Waals surface area contributed by atoms with Gasteiger partial charge in [-0.05, 0) is 10.9 Å². The van der Waals surface area contributed by atoms with Crippen LogP contribution in [0.25, 0.3) is 5.70 Å². The highest BCUT2D eigenvalue weighted by Crippen LogP contribution is 2.14. The molecule has 0 amide bonds. The molecular formula is C23H19N3S. The molecule has 3 aromatic rings. The van der Waals surface area contributed by atoms with Gasteiger partial charge in [0.25, 0.3) is 0 Å². The van der Waals surface area contributed by atoms with Crippen LogP contribution >= 0.6 is 11.3 Å². The number of nitrogens with zero attached hydrogens (tertiary/aromatic N) is 3. The molecule has 0 aliphatic rings. The Balaban J connectivity index is 1.99. The first-order chi connectivity index (χ1) is 13.3. The third-order valence-corrected chi connectivity index (χ3v) is 4.18. The van der Waals surface area contributed by atoms with Crippen molar-refractivity contribution >= 4 is 29.1 Å². The maximum atomic E-state index is 4.69. The summed E-state index contributed by atoms with van der Waals surface area (Å²) in [7, 11) is 0. The van der Waals surface area contributed by atoms with Crippen molar-refractivity contribution in [3.05, 3.63) is 119 Å². The van der Waals surface area contributed by atoms with Crippen LogP contribution in [0.4, 0.5) is 0 Å². The second-order valence-electron chi connectivity index (χ2n) is 5.58. The summed E-state index contributed by atoms with van der Waals surface area (Å²) in [6.45, 7) is 4.12. The predicted molar refractivity (Wildman–Crippen MR) is 116 cm³/mol. The van der Waals surface area contributed by atoms with Crippen LogP contribution < -0.4 is 0 Å². The van der Waals surface area contributed by atoms with Gasteiger partial charge in [0.2, 0.25) is 0 Å². The van der Waals surface area contributed by atoms with E-state index in [1.165, 1.54) is 11.3 Å². The van der Waals surface area contributed by atoms with E-state index in [1.54, 1.807) is 11.7 Å². The molecule has 0 spiro atoms. The van der Waals surface area contributed by atoms with Gasteiger partial charge in [0, 0.05) is 23.5 Å². The maximum absolute atomic E-state index is 4.69. The maximum Gasteiger partial charge on any atom is 0.159 e. The van der Waals surface area contributed by atoms with E-state index in [-0.39, 0.29) is 0 Å². The Hall–Kier alpha value is -3.37. The van der Waals surface area contributed by atoms with E-state index in [0.29, 0.717) is 11.5 Å².